The lowest BCUT2D eigenvalue weighted by molar-refractivity contribution is 0.0639. The monoisotopic (exact) mass is 491 g/mol. The van der Waals surface area contributed by atoms with Gasteiger partial charge in [-0.2, -0.15) is 0 Å². The number of halogens is 3. The van der Waals surface area contributed by atoms with Crippen LogP contribution < -0.4 is 19.5 Å². The summed E-state index contributed by atoms with van der Waals surface area (Å²) in [7, 11) is 1.30. The highest BCUT2D eigenvalue weighted by atomic mass is 19.1. The first-order valence-corrected chi connectivity index (χ1v) is 11.0. The predicted octanol–water partition coefficient (Wildman–Crippen LogP) is 5.46. The zero-order valence-corrected chi connectivity index (χ0v) is 20.0. The van der Waals surface area contributed by atoms with Crippen molar-refractivity contribution in [2.24, 2.45) is 0 Å². The molecule has 0 bridgehead atoms. The molecule has 3 aromatic rings. The Morgan fingerprint density at radius 1 is 1.00 bits per heavy atom. The van der Waals surface area contributed by atoms with E-state index in [9.17, 15) is 18.3 Å². The molecular weight excluding hydrogens is 463 g/mol. The van der Waals surface area contributed by atoms with Crippen molar-refractivity contribution in [2.45, 2.75) is 45.8 Å². The molecule has 0 saturated carbocycles. The Labute approximate surface area is 201 Å². The summed E-state index contributed by atoms with van der Waals surface area (Å²) in [4.78, 5) is 8.16. The summed E-state index contributed by atoms with van der Waals surface area (Å²) in [5.74, 6) is -1.72. The van der Waals surface area contributed by atoms with Crippen molar-refractivity contribution >= 4 is 11.6 Å². The lowest BCUT2D eigenvalue weighted by Gasteiger charge is -2.16. The van der Waals surface area contributed by atoms with Gasteiger partial charge in [0.2, 0.25) is 5.95 Å². The fourth-order valence-electron chi connectivity index (χ4n) is 3.20. The van der Waals surface area contributed by atoms with E-state index in [0.717, 1.165) is 0 Å². The van der Waals surface area contributed by atoms with Crippen molar-refractivity contribution in [3.63, 3.8) is 0 Å². The molecule has 1 aromatic heterocycles. The van der Waals surface area contributed by atoms with Crippen LogP contribution in [0.1, 0.15) is 37.8 Å². The van der Waals surface area contributed by atoms with Gasteiger partial charge < -0.3 is 24.6 Å². The first-order valence-electron chi connectivity index (χ1n) is 11.0. The average Bonchev–Trinajstić information content (AvgIpc) is 2.80. The molecule has 7 nitrogen and oxygen atoms in total. The lowest BCUT2D eigenvalue weighted by atomic mass is 10.0. The van der Waals surface area contributed by atoms with Crippen LogP contribution in [0.15, 0.2) is 36.7 Å². The molecular formula is C25H28F3N3O4. The van der Waals surface area contributed by atoms with Crippen LogP contribution in [0.3, 0.4) is 0 Å². The van der Waals surface area contributed by atoms with E-state index in [0.29, 0.717) is 18.5 Å². The van der Waals surface area contributed by atoms with Crippen molar-refractivity contribution in [1.29, 1.82) is 0 Å². The van der Waals surface area contributed by atoms with Crippen molar-refractivity contribution < 1.29 is 32.5 Å². The number of nitrogens with zero attached hydrogens (tertiary/aromatic N) is 2. The van der Waals surface area contributed by atoms with Gasteiger partial charge in [0.05, 0.1) is 37.3 Å². The quantitative estimate of drug-likeness (QED) is 0.344. The van der Waals surface area contributed by atoms with Gasteiger partial charge in [0.1, 0.15) is 12.4 Å². The Morgan fingerprint density at radius 3 is 2.34 bits per heavy atom. The predicted molar refractivity (Wildman–Crippen MR) is 125 cm³/mol. The minimum Gasteiger partial charge on any atom is -0.494 e. The third kappa shape index (κ3) is 7.22. The average molecular weight is 492 g/mol. The van der Waals surface area contributed by atoms with Crippen LogP contribution in [0, 0.1) is 24.4 Å². The van der Waals surface area contributed by atoms with Gasteiger partial charge in [0, 0.05) is 11.8 Å². The number of hydrogen-bond acceptors (Lipinski definition) is 7. The van der Waals surface area contributed by atoms with E-state index >= 15 is 0 Å². The molecule has 1 heterocycles. The number of nitrogens with one attached hydrogen (secondary N) is 1. The summed E-state index contributed by atoms with van der Waals surface area (Å²) in [6.07, 6.45) is 3.78. The highest BCUT2D eigenvalue weighted by Crippen LogP contribution is 2.28. The molecule has 0 saturated heterocycles. The molecule has 0 aliphatic carbocycles. The first-order chi connectivity index (χ1) is 16.6. The summed E-state index contributed by atoms with van der Waals surface area (Å²) in [5, 5.41) is 12.6. The zero-order valence-electron chi connectivity index (χ0n) is 20.0. The number of hydrogen-bond donors (Lipinski definition) is 2. The molecule has 0 aliphatic rings. The number of rotatable bonds is 11. The van der Waals surface area contributed by atoms with Crippen LogP contribution in [0.2, 0.25) is 0 Å². The number of aryl methyl sites for hydroxylation is 1. The normalized spacial score (nSPS) is 11.3. The summed E-state index contributed by atoms with van der Waals surface area (Å²) in [5.41, 5.74) is -0.426. The molecule has 188 valence electrons. The van der Waals surface area contributed by atoms with E-state index in [1.54, 1.807) is 19.9 Å². The maximum absolute atomic E-state index is 14.4. The second-order valence-corrected chi connectivity index (χ2v) is 8.57. The number of benzene rings is 2. The first kappa shape index (κ1) is 26.1. The van der Waals surface area contributed by atoms with E-state index in [2.05, 4.69) is 15.3 Å². The van der Waals surface area contributed by atoms with Crippen LogP contribution in [0.5, 0.6) is 17.2 Å². The largest absolute Gasteiger partial charge is 0.494 e. The number of ether oxygens (including phenoxy) is 3. The molecule has 10 heteroatoms. The second kappa shape index (κ2) is 11.3. The molecule has 0 amide bonds. The summed E-state index contributed by atoms with van der Waals surface area (Å²) in [6, 6.07) is 5.62. The standard InChI is InChI=1S/C25H28F3N3O4/c1-15-10-21(33-4)23(28)18(22(15)27)14-35-17-12-29-24(30-13-17)31-16-6-7-20(19(26)11-16)34-9-5-8-25(2,3)32/h6-7,10-13,32H,5,8-9,14H2,1-4H3,(H,29,30,31). The molecule has 0 spiro atoms. The summed E-state index contributed by atoms with van der Waals surface area (Å²) < 4.78 is 58.8. The van der Waals surface area contributed by atoms with Crippen LogP contribution in [-0.2, 0) is 6.61 Å². The smallest absolute Gasteiger partial charge is 0.227 e. The minimum absolute atomic E-state index is 0.0731. The number of anilines is 2. The Kier molecular flexibility index (Phi) is 8.39. The Bertz CT molecular complexity index is 1150. The third-order valence-electron chi connectivity index (χ3n) is 5.05. The number of aliphatic hydroxyl groups is 1. The van der Waals surface area contributed by atoms with E-state index < -0.39 is 23.1 Å². The van der Waals surface area contributed by atoms with Gasteiger partial charge >= 0.3 is 0 Å². The maximum Gasteiger partial charge on any atom is 0.227 e. The second-order valence-electron chi connectivity index (χ2n) is 8.57. The summed E-state index contributed by atoms with van der Waals surface area (Å²) >= 11 is 0. The number of aromatic nitrogens is 2. The van der Waals surface area contributed by atoms with Gasteiger partial charge in [0.25, 0.3) is 0 Å². The molecule has 0 aliphatic heterocycles. The van der Waals surface area contributed by atoms with Gasteiger partial charge in [-0.3, -0.25) is 0 Å². The molecule has 0 atom stereocenters. The van der Waals surface area contributed by atoms with E-state index in [4.69, 9.17) is 14.2 Å². The van der Waals surface area contributed by atoms with Gasteiger partial charge in [-0.05, 0) is 57.4 Å². The third-order valence-corrected chi connectivity index (χ3v) is 5.05. The zero-order chi connectivity index (χ0) is 25.6. The van der Waals surface area contributed by atoms with Gasteiger partial charge in [-0.15, -0.1) is 0 Å². The Morgan fingerprint density at radius 2 is 1.71 bits per heavy atom. The van der Waals surface area contributed by atoms with E-state index in [1.165, 1.54) is 44.6 Å². The topological polar surface area (TPSA) is 85.7 Å². The van der Waals surface area contributed by atoms with E-state index in [-0.39, 0.29) is 47.5 Å². The van der Waals surface area contributed by atoms with Gasteiger partial charge in [-0.25, -0.2) is 23.1 Å². The van der Waals surface area contributed by atoms with Gasteiger partial charge in [-0.1, -0.05) is 0 Å². The highest BCUT2D eigenvalue weighted by molar-refractivity contribution is 5.55. The van der Waals surface area contributed by atoms with Crippen LogP contribution >= 0.6 is 0 Å². The molecule has 35 heavy (non-hydrogen) atoms. The lowest BCUT2D eigenvalue weighted by Crippen LogP contribution is -2.19. The number of methoxy groups -OCH3 is 1. The Hall–Kier alpha value is -3.53. The van der Waals surface area contributed by atoms with Crippen molar-refractivity contribution in [2.75, 3.05) is 19.0 Å². The van der Waals surface area contributed by atoms with Gasteiger partial charge in [0.15, 0.2) is 28.9 Å². The maximum atomic E-state index is 14.4. The van der Waals surface area contributed by atoms with Crippen molar-refractivity contribution in [3.8, 4) is 17.2 Å². The van der Waals surface area contributed by atoms with Crippen molar-refractivity contribution in [3.05, 3.63) is 65.2 Å². The summed E-state index contributed by atoms with van der Waals surface area (Å²) in [6.45, 7) is 4.81. The van der Waals surface area contributed by atoms with Crippen LogP contribution in [-0.4, -0.2) is 34.4 Å². The van der Waals surface area contributed by atoms with Crippen LogP contribution in [0.4, 0.5) is 24.8 Å². The minimum atomic E-state index is -0.832. The Balaban J connectivity index is 1.57. The SMILES string of the molecule is COc1cc(C)c(F)c(COc2cnc(Nc3ccc(OCCCC(C)(C)O)c(F)c3)nc2)c1F. The molecule has 0 radical (unpaired) electrons. The fraction of sp³-hybridized carbons (Fsp3) is 0.360. The molecule has 2 N–H and O–H groups in total. The molecule has 0 fully saturated rings. The molecule has 0 unspecified atom stereocenters. The van der Waals surface area contributed by atoms with Crippen molar-refractivity contribution in [1.82, 2.24) is 9.97 Å². The highest BCUT2D eigenvalue weighted by Gasteiger charge is 2.18. The van der Waals surface area contributed by atoms with Crippen LogP contribution in [0.25, 0.3) is 0 Å². The molecule has 3 rings (SSSR count). The van der Waals surface area contributed by atoms with E-state index in [1.807, 2.05) is 0 Å². The fourth-order valence-corrected chi connectivity index (χ4v) is 3.20. The molecule has 2 aromatic carbocycles.